The van der Waals surface area contributed by atoms with E-state index in [1.54, 1.807) is 26.0 Å². The highest BCUT2D eigenvalue weighted by Gasteiger charge is 2.23. The Labute approximate surface area is 217 Å². The van der Waals surface area contributed by atoms with Gasteiger partial charge in [-0.2, -0.15) is 0 Å². The Balaban J connectivity index is 2.00. The average Bonchev–Trinajstić information content (AvgIpc) is 3.18. The van der Waals surface area contributed by atoms with E-state index in [-0.39, 0.29) is 11.5 Å². The van der Waals surface area contributed by atoms with Crippen molar-refractivity contribution in [1.82, 2.24) is 4.90 Å². The summed E-state index contributed by atoms with van der Waals surface area (Å²) >= 11 is 4.02. The lowest BCUT2D eigenvalue weighted by atomic mass is 9.98. The minimum Gasteiger partial charge on any atom is -0.490 e. The molecular weight excluding hydrogens is 616 g/mol. The van der Waals surface area contributed by atoms with Crippen molar-refractivity contribution >= 4 is 61.9 Å². The van der Waals surface area contributed by atoms with Gasteiger partial charge in [-0.1, -0.05) is 45.4 Å². The summed E-state index contributed by atoms with van der Waals surface area (Å²) in [4.78, 5) is 15.1. The number of furan rings is 1. The molecule has 3 aromatic rings. The molecule has 0 saturated heterocycles. The number of hydrogen-bond acceptors (Lipinski definition) is 4. The lowest BCUT2D eigenvalue weighted by Gasteiger charge is -2.19. The van der Waals surface area contributed by atoms with Gasteiger partial charge in [0.2, 0.25) is 0 Å². The van der Waals surface area contributed by atoms with E-state index < -0.39 is 13.1 Å². The third-order valence-electron chi connectivity index (χ3n) is 5.03. The first kappa shape index (κ1) is 19.3. The van der Waals surface area contributed by atoms with Crippen molar-refractivity contribution < 1.29 is 19.4 Å². The van der Waals surface area contributed by atoms with Crippen molar-refractivity contribution in [3.05, 3.63) is 60.4 Å². The minimum atomic E-state index is -2.61. The quantitative estimate of drug-likeness (QED) is 0.167. The number of ether oxygens (including phenoxy) is 1. The monoisotopic (exact) mass is 649 g/mol. The van der Waals surface area contributed by atoms with Crippen LogP contribution < -0.4 is 4.74 Å². The predicted octanol–water partition coefficient (Wildman–Crippen LogP) is 6.94. The normalized spacial score (nSPS) is 14.3. The Morgan fingerprint density at radius 1 is 1.13 bits per heavy atom. The third kappa shape index (κ3) is 5.82. The smallest absolute Gasteiger partial charge is 0.197 e. The fourth-order valence-corrected chi connectivity index (χ4v) is 5.30. The SMILES string of the molecule is [2H]C([2H])(Oc1c(I)cc(C(=O)c2c(CCCC)oc3ccccc23)cc1I)C([2H])([2H])N(CC)CC. The Bertz CT molecular complexity index is 1190. The fraction of sp³-hybridized carbons (Fsp3) is 0.400. The molecule has 0 bridgehead atoms. The van der Waals surface area contributed by atoms with E-state index in [2.05, 4.69) is 6.92 Å². The maximum Gasteiger partial charge on any atom is 0.197 e. The molecule has 0 fully saturated rings. The summed E-state index contributed by atoms with van der Waals surface area (Å²) in [6, 6.07) is 10.8. The van der Waals surface area contributed by atoms with Crippen molar-refractivity contribution in [3.8, 4) is 5.75 Å². The molecule has 0 amide bonds. The zero-order chi connectivity index (χ0) is 26.0. The Morgan fingerprint density at radius 2 is 1.81 bits per heavy atom. The van der Waals surface area contributed by atoms with Gasteiger partial charge in [-0.3, -0.25) is 4.79 Å². The molecule has 2 aromatic carbocycles. The molecule has 0 N–H and O–H groups in total. The third-order valence-corrected chi connectivity index (χ3v) is 6.64. The van der Waals surface area contributed by atoms with Gasteiger partial charge in [0.1, 0.15) is 23.7 Å². The number of rotatable bonds is 11. The van der Waals surface area contributed by atoms with E-state index in [0.29, 0.717) is 49.1 Å². The molecule has 6 heteroatoms. The number of unbranched alkanes of at least 4 members (excludes halogenated alkanes) is 1. The van der Waals surface area contributed by atoms with Gasteiger partial charge < -0.3 is 14.1 Å². The Morgan fingerprint density at radius 3 is 2.45 bits per heavy atom. The van der Waals surface area contributed by atoms with Gasteiger partial charge in [-0.15, -0.1) is 0 Å². The summed E-state index contributed by atoms with van der Waals surface area (Å²) in [6.07, 6.45) is 2.56. The molecule has 166 valence electrons. The molecule has 0 atom stereocenters. The molecule has 0 spiro atoms. The van der Waals surface area contributed by atoms with Crippen LogP contribution in [0.15, 0.2) is 40.8 Å². The van der Waals surface area contributed by atoms with Crippen LogP contribution in [0.3, 0.4) is 0 Å². The second-order valence-electron chi connectivity index (χ2n) is 7.09. The zero-order valence-electron chi connectivity index (χ0n) is 21.9. The number of para-hydroxylation sites is 1. The van der Waals surface area contributed by atoms with E-state index >= 15 is 0 Å². The van der Waals surface area contributed by atoms with Crippen LogP contribution in [0.4, 0.5) is 0 Å². The van der Waals surface area contributed by atoms with Gasteiger partial charge in [0, 0.05) is 26.6 Å². The van der Waals surface area contributed by atoms with Gasteiger partial charge in [0.05, 0.1) is 15.4 Å². The second-order valence-corrected chi connectivity index (χ2v) is 9.41. The van der Waals surface area contributed by atoms with Crippen LogP contribution in [-0.4, -0.2) is 36.8 Å². The topological polar surface area (TPSA) is 42.7 Å². The van der Waals surface area contributed by atoms with E-state index in [0.717, 1.165) is 18.2 Å². The second kappa shape index (κ2) is 11.7. The highest BCUT2D eigenvalue weighted by atomic mass is 127. The molecule has 0 aliphatic rings. The average molecular weight is 649 g/mol. The van der Waals surface area contributed by atoms with Crippen LogP contribution in [0.1, 0.15) is 60.8 Å². The summed E-state index contributed by atoms with van der Waals surface area (Å²) < 4.78 is 46.2. The summed E-state index contributed by atoms with van der Waals surface area (Å²) in [5.74, 6) is 0.726. The Hall–Kier alpha value is -1.13. The van der Waals surface area contributed by atoms with Crippen LogP contribution in [-0.2, 0) is 6.42 Å². The van der Waals surface area contributed by atoms with E-state index in [9.17, 15) is 4.79 Å². The number of halogens is 2. The number of carbonyl (C=O) groups excluding carboxylic acids is 1. The van der Waals surface area contributed by atoms with Gasteiger partial charge in [0.15, 0.2) is 5.78 Å². The number of carbonyl (C=O) groups is 1. The summed E-state index contributed by atoms with van der Waals surface area (Å²) in [5.41, 5.74) is 1.68. The van der Waals surface area contributed by atoms with Crippen molar-refractivity contribution in [2.24, 2.45) is 0 Å². The van der Waals surface area contributed by atoms with Gasteiger partial charge in [0.25, 0.3) is 0 Å². The van der Waals surface area contributed by atoms with Gasteiger partial charge in [-0.05, 0) is 82.9 Å². The van der Waals surface area contributed by atoms with E-state index in [1.165, 1.54) is 4.90 Å². The standard InChI is InChI=1S/C25H29I2NO3/c1-4-7-11-22-23(18-10-8-9-12-21(18)31-22)24(29)17-15-19(26)25(20(27)16-17)30-14-13-28(5-2)6-3/h8-10,12,15-16H,4-7,11,13-14H2,1-3H3/i13D2,14D2. The van der Waals surface area contributed by atoms with E-state index in [1.807, 2.05) is 69.4 Å². The lowest BCUT2D eigenvalue weighted by molar-refractivity contribution is 0.103. The van der Waals surface area contributed by atoms with Gasteiger partial charge in [-0.25, -0.2) is 0 Å². The molecule has 0 saturated carbocycles. The molecule has 3 rings (SSSR count). The first-order valence-corrected chi connectivity index (χ1v) is 12.6. The zero-order valence-corrected chi connectivity index (χ0v) is 22.2. The minimum absolute atomic E-state index is 0.162. The van der Waals surface area contributed by atoms with Crippen LogP contribution in [0.5, 0.6) is 5.75 Å². The van der Waals surface area contributed by atoms with Crippen LogP contribution in [0.25, 0.3) is 11.0 Å². The number of fused-ring (bicyclic) bond motifs is 1. The summed E-state index contributed by atoms with van der Waals surface area (Å²) in [5, 5.41) is 0.776. The maximum absolute atomic E-state index is 13.7. The first-order valence-electron chi connectivity index (χ1n) is 12.5. The van der Waals surface area contributed by atoms with Crippen molar-refractivity contribution in [2.75, 3.05) is 26.1 Å². The number of likely N-dealkylation sites (N-methyl/N-ethyl adjacent to an activating group) is 1. The molecule has 1 heterocycles. The number of benzene rings is 2. The highest BCUT2D eigenvalue weighted by Crippen LogP contribution is 2.33. The first-order chi connectivity index (χ1) is 16.5. The van der Waals surface area contributed by atoms with Crippen molar-refractivity contribution in [2.45, 2.75) is 40.0 Å². The predicted molar refractivity (Wildman–Crippen MR) is 143 cm³/mol. The van der Waals surface area contributed by atoms with Crippen LogP contribution in [0, 0.1) is 7.14 Å². The number of ketones is 1. The largest absolute Gasteiger partial charge is 0.490 e. The molecular formula is C25H29I2NO3. The van der Waals surface area contributed by atoms with Crippen LogP contribution in [0.2, 0.25) is 0 Å². The Kier molecular flexibility index (Phi) is 7.27. The fourth-order valence-electron chi connectivity index (χ4n) is 3.31. The molecule has 31 heavy (non-hydrogen) atoms. The maximum atomic E-state index is 13.7. The number of nitrogens with zero attached hydrogens (tertiary/aromatic N) is 1. The van der Waals surface area contributed by atoms with Crippen molar-refractivity contribution in [3.63, 3.8) is 0 Å². The molecule has 1 aromatic heterocycles. The number of hydrogen-bond donors (Lipinski definition) is 0. The molecule has 0 radical (unpaired) electrons. The molecule has 0 unspecified atom stereocenters. The highest BCUT2D eigenvalue weighted by molar-refractivity contribution is 14.1. The molecule has 4 nitrogen and oxygen atoms in total. The lowest BCUT2D eigenvalue weighted by Crippen LogP contribution is -2.28. The molecule has 0 aliphatic carbocycles. The van der Waals surface area contributed by atoms with E-state index in [4.69, 9.17) is 14.6 Å². The summed E-state index contributed by atoms with van der Waals surface area (Å²) in [7, 11) is 0. The van der Waals surface area contributed by atoms with Crippen molar-refractivity contribution in [1.29, 1.82) is 0 Å². The van der Waals surface area contributed by atoms with Gasteiger partial charge >= 0.3 is 0 Å². The summed E-state index contributed by atoms with van der Waals surface area (Å²) in [6.45, 7) is 1.37. The number of aryl methyl sites for hydroxylation is 1. The van der Waals surface area contributed by atoms with Crippen LogP contribution >= 0.6 is 45.2 Å². The molecule has 0 aliphatic heterocycles.